The lowest BCUT2D eigenvalue weighted by atomic mass is 9.84. The lowest BCUT2D eigenvalue weighted by Crippen LogP contribution is -2.67. The molecule has 5 rings (SSSR count). The zero-order valence-electron chi connectivity index (χ0n) is 15.8. The molecule has 3 aliphatic rings. The number of amides is 1. The van der Waals surface area contributed by atoms with E-state index in [-0.39, 0.29) is 17.6 Å². The van der Waals surface area contributed by atoms with Crippen molar-refractivity contribution in [2.45, 2.75) is 44.4 Å². The summed E-state index contributed by atoms with van der Waals surface area (Å²) >= 11 is 0. The van der Waals surface area contributed by atoms with Gasteiger partial charge in [-0.1, -0.05) is 6.07 Å². The Balaban J connectivity index is 1.17. The van der Waals surface area contributed by atoms with Crippen LogP contribution in [0.5, 0.6) is 0 Å². The normalized spacial score (nSPS) is 22.7. The molecule has 0 saturated carbocycles. The number of pyridine rings is 1. The molecule has 2 aromatic rings. The zero-order chi connectivity index (χ0) is 19.0. The highest BCUT2D eigenvalue weighted by Crippen LogP contribution is 2.36. The molecule has 4 heterocycles. The van der Waals surface area contributed by atoms with Crippen LogP contribution in [-0.4, -0.2) is 47.2 Å². The van der Waals surface area contributed by atoms with Crippen molar-refractivity contribution in [1.82, 2.24) is 9.88 Å². The van der Waals surface area contributed by atoms with Crippen LogP contribution in [0.15, 0.2) is 42.7 Å². The van der Waals surface area contributed by atoms with Crippen LogP contribution in [0.3, 0.4) is 0 Å². The fourth-order valence-electron chi connectivity index (χ4n) is 4.32. The summed E-state index contributed by atoms with van der Waals surface area (Å²) in [6.07, 6.45) is 5.46. The van der Waals surface area contributed by atoms with E-state index in [0.717, 1.165) is 29.5 Å². The molecule has 2 fully saturated rings. The van der Waals surface area contributed by atoms with Gasteiger partial charge in [0.2, 0.25) is 0 Å². The van der Waals surface area contributed by atoms with Gasteiger partial charge < -0.3 is 19.1 Å². The van der Waals surface area contributed by atoms with E-state index < -0.39 is 0 Å². The van der Waals surface area contributed by atoms with Crippen LogP contribution < -0.4 is 0 Å². The molecule has 1 spiro atoms. The molecule has 1 amide bonds. The van der Waals surface area contributed by atoms with E-state index in [0.29, 0.717) is 39.5 Å². The maximum absolute atomic E-state index is 12.8. The summed E-state index contributed by atoms with van der Waals surface area (Å²) in [5.74, 6) is 0.0729. The van der Waals surface area contributed by atoms with E-state index in [1.54, 1.807) is 12.4 Å². The van der Waals surface area contributed by atoms with Crippen molar-refractivity contribution in [2.75, 3.05) is 19.7 Å². The van der Waals surface area contributed by atoms with Crippen LogP contribution in [0.1, 0.15) is 39.9 Å². The first-order valence-electron chi connectivity index (χ1n) is 9.84. The SMILES string of the molecule is O=C(c1ccc2c(c1)COC2)N1CC2(C[C@@H](OCc3ccncc3)CCO2)C1. The Morgan fingerprint density at radius 1 is 1.18 bits per heavy atom. The highest BCUT2D eigenvalue weighted by Gasteiger charge is 2.49. The van der Waals surface area contributed by atoms with Crippen LogP contribution in [0.2, 0.25) is 0 Å². The minimum atomic E-state index is -0.253. The van der Waals surface area contributed by atoms with Gasteiger partial charge in [0.1, 0.15) is 5.60 Å². The van der Waals surface area contributed by atoms with E-state index in [1.165, 1.54) is 5.56 Å². The second-order valence-electron chi connectivity index (χ2n) is 7.95. The number of ether oxygens (including phenoxy) is 3. The third kappa shape index (κ3) is 3.43. The van der Waals surface area contributed by atoms with Gasteiger partial charge in [0.05, 0.1) is 39.0 Å². The van der Waals surface area contributed by atoms with Crippen LogP contribution in [0.4, 0.5) is 0 Å². The molecule has 28 heavy (non-hydrogen) atoms. The minimum absolute atomic E-state index is 0.0729. The fourth-order valence-corrected chi connectivity index (χ4v) is 4.32. The average Bonchev–Trinajstić information content (AvgIpc) is 3.19. The van der Waals surface area contributed by atoms with Gasteiger partial charge >= 0.3 is 0 Å². The molecule has 2 saturated heterocycles. The minimum Gasteiger partial charge on any atom is -0.373 e. The highest BCUT2D eigenvalue weighted by atomic mass is 16.5. The molecule has 1 aromatic heterocycles. The van der Waals surface area contributed by atoms with Gasteiger partial charge in [-0.3, -0.25) is 9.78 Å². The smallest absolute Gasteiger partial charge is 0.254 e. The van der Waals surface area contributed by atoms with Crippen molar-refractivity contribution in [2.24, 2.45) is 0 Å². The van der Waals surface area contributed by atoms with Crippen LogP contribution in [0.25, 0.3) is 0 Å². The van der Waals surface area contributed by atoms with E-state index in [1.807, 2.05) is 35.2 Å². The summed E-state index contributed by atoms with van der Waals surface area (Å²) in [6, 6.07) is 9.83. The molecule has 146 valence electrons. The quantitative estimate of drug-likeness (QED) is 0.816. The molecule has 3 aliphatic heterocycles. The molecule has 0 unspecified atom stereocenters. The van der Waals surface area contributed by atoms with E-state index in [2.05, 4.69) is 4.98 Å². The van der Waals surface area contributed by atoms with Crippen molar-refractivity contribution in [1.29, 1.82) is 0 Å². The van der Waals surface area contributed by atoms with Gasteiger partial charge in [0, 0.05) is 31.0 Å². The Morgan fingerprint density at radius 3 is 2.86 bits per heavy atom. The molecular weight excluding hydrogens is 356 g/mol. The number of hydrogen-bond donors (Lipinski definition) is 0. The first-order valence-corrected chi connectivity index (χ1v) is 9.84. The van der Waals surface area contributed by atoms with Crippen LogP contribution in [-0.2, 0) is 34.0 Å². The predicted molar refractivity (Wildman–Crippen MR) is 102 cm³/mol. The number of carbonyl (C=O) groups excluding carboxylic acids is 1. The molecule has 1 aromatic carbocycles. The average molecular weight is 380 g/mol. The molecule has 0 N–H and O–H groups in total. The first kappa shape index (κ1) is 17.8. The molecule has 6 heteroatoms. The number of aromatic nitrogens is 1. The van der Waals surface area contributed by atoms with Gasteiger partial charge in [-0.2, -0.15) is 0 Å². The molecule has 6 nitrogen and oxygen atoms in total. The summed E-state index contributed by atoms with van der Waals surface area (Å²) in [4.78, 5) is 18.7. The Hall–Kier alpha value is -2.28. The van der Waals surface area contributed by atoms with Gasteiger partial charge in [0.25, 0.3) is 5.91 Å². The number of rotatable bonds is 4. The van der Waals surface area contributed by atoms with Crippen molar-refractivity contribution in [3.05, 3.63) is 65.0 Å². The molecular formula is C22H24N2O4. The van der Waals surface area contributed by atoms with Crippen LogP contribution in [0, 0.1) is 0 Å². The third-order valence-electron chi connectivity index (χ3n) is 5.90. The number of fused-ring (bicyclic) bond motifs is 1. The molecule has 0 aliphatic carbocycles. The van der Waals surface area contributed by atoms with Crippen molar-refractivity contribution in [3.8, 4) is 0 Å². The van der Waals surface area contributed by atoms with Crippen molar-refractivity contribution >= 4 is 5.91 Å². The van der Waals surface area contributed by atoms with Crippen molar-refractivity contribution in [3.63, 3.8) is 0 Å². The second kappa shape index (κ2) is 7.28. The summed E-state index contributed by atoms with van der Waals surface area (Å²) in [5, 5.41) is 0. The van der Waals surface area contributed by atoms with Gasteiger partial charge in [-0.25, -0.2) is 0 Å². The lowest BCUT2D eigenvalue weighted by Gasteiger charge is -2.53. The van der Waals surface area contributed by atoms with Gasteiger partial charge in [-0.05, 0) is 47.4 Å². The fraction of sp³-hybridized carbons (Fsp3) is 0.455. The van der Waals surface area contributed by atoms with Gasteiger partial charge in [-0.15, -0.1) is 0 Å². The summed E-state index contributed by atoms with van der Waals surface area (Å²) in [5.41, 5.74) is 3.92. The standard InChI is InChI=1S/C22H24N2O4/c25-21(17-1-2-18-12-26-13-19(18)9-17)24-14-22(15-24)10-20(5-8-28-22)27-11-16-3-6-23-7-4-16/h1-4,6-7,9,20H,5,8,10-15H2/t20-/m0/s1. The summed E-state index contributed by atoms with van der Waals surface area (Å²) < 4.78 is 17.6. The molecule has 0 radical (unpaired) electrons. The topological polar surface area (TPSA) is 60.9 Å². The largest absolute Gasteiger partial charge is 0.373 e. The number of nitrogens with zero attached hydrogens (tertiary/aromatic N) is 2. The Bertz CT molecular complexity index is 864. The number of benzene rings is 1. The van der Waals surface area contributed by atoms with Gasteiger partial charge in [0.15, 0.2) is 0 Å². The maximum atomic E-state index is 12.8. The van der Waals surface area contributed by atoms with Crippen LogP contribution >= 0.6 is 0 Å². The summed E-state index contributed by atoms with van der Waals surface area (Å²) in [6.45, 7) is 3.77. The summed E-state index contributed by atoms with van der Waals surface area (Å²) in [7, 11) is 0. The number of likely N-dealkylation sites (tertiary alicyclic amines) is 1. The lowest BCUT2D eigenvalue weighted by molar-refractivity contribution is -0.188. The predicted octanol–water partition coefficient (Wildman–Crippen LogP) is 2.70. The van der Waals surface area contributed by atoms with E-state index >= 15 is 0 Å². The number of hydrogen-bond acceptors (Lipinski definition) is 5. The zero-order valence-corrected chi connectivity index (χ0v) is 15.8. The monoisotopic (exact) mass is 380 g/mol. The first-order chi connectivity index (χ1) is 13.7. The Labute approximate surface area is 164 Å². The second-order valence-corrected chi connectivity index (χ2v) is 7.95. The van der Waals surface area contributed by atoms with E-state index in [9.17, 15) is 4.79 Å². The van der Waals surface area contributed by atoms with Crippen molar-refractivity contribution < 1.29 is 19.0 Å². The highest BCUT2D eigenvalue weighted by molar-refractivity contribution is 5.95. The molecule has 0 bridgehead atoms. The molecule has 1 atom stereocenters. The van der Waals surface area contributed by atoms with E-state index in [4.69, 9.17) is 14.2 Å². The number of carbonyl (C=O) groups is 1. The maximum Gasteiger partial charge on any atom is 0.254 e. The Morgan fingerprint density at radius 2 is 2.00 bits per heavy atom. The Kier molecular flexibility index (Phi) is 4.62. The third-order valence-corrected chi connectivity index (χ3v) is 5.90.